The number of thioether (sulfide) groups is 1. The first-order valence-electron chi connectivity index (χ1n) is 9.02. The highest BCUT2D eigenvalue weighted by Crippen LogP contribution is 2.20. The van der Waals surface area contributed by atoms with Crippen LogP contribution in [0.1, 0.15) is 26.5 Å². The summed E-state index contributed by atoms with van der Waals surface area (Å²) in [6.45, 7) is 4.73. The van der Waals surface area contributed by atoms with Crippen LogP contribution in [0.25, 0.3) is 11.3 Å². The normalized spacial score (nSPS) is 11.9. The number of nitrogens with one attached hydrogen (secondary N) is 1. The van der Waals surface area contributed by atoms with Gasteiger partial charge in [0.2, 0.25) is 5.69 Å². The number of rotatable bonds is 8. The van der Waals surface area contributed by atoms with Crippen LogP contribution in [0.3, 0.4) is 0 Å². The molecule has 2 rings (SSSR count). The van der Waals surface area contributed by atoms with E-state index in [2.05, 4.69) is 21.0 Å². The molecule has 0 aliphatic rings. The van der Waals surface area contributed by atoms with Crippen LogP contribution in [0.15, 0.2) is 35.0 Å². The van der Waals surface area contributed by atoms with Gasteiger partial charge in [0.25, 0.3) is 5.69 Å². The minimum atomic E-state index is -1.02. The number of nitrogens with zero attached hydrogens (tertiary/aromatic N) is 2. The molecule has 1 aromatic carbocycles. The zero-order chi connectivity index (χ0) is 22.1. The molecule has 9 nitrogen and oxygen atoms in total. The Labute approximate surface area is 178 Å². The van der Waals surface area contributed by atoms with Gasteiger partial charge in [-0.3, -0.25) is 4.63 Å². The molecule has 30 heavy (non-hydrogen) atoms. The van der Waals surface area contributed by atoms with E-state index in [1.54, 1.807) is 45.0 Å². The summed E-state index contributed by atoms with van der Waals surface area (Å²) in [5.74, 6) is 2.22. The average Bonchev–Trinajstić information content (AvgIpc) is 3.05. The van der Waals surface area contributed by atoms with Crippen LogP contribution in [0, 0.1) is 17.6 Å². The number of benzene rings is 1. The van der Waals surface area contributed by atoms with Gasteiger partial charge >= 0.3 is 12.1 Å². The van der Waals surface area contributed by atoms with Crippen molar-refractivity contribution in [3.63, 3.8) is 0 Å². The number of carbonyl (C=O) groups is 2. The monoisotopic (exact) mass is 433 g/mol. The number of hydrogen-bond donors (Lipinski definition) is 1. The van der Waals surface area contributed by atoms with Crippen molar-refractivity contribution in [1.29, 1.82) is 0 Å². The zero-order valence-electron chi connectivity index (χ0n) is 16.9. The van der Waals surface area contributed by atoms with Crippen LogP contribution in [-0.2, 0) is 20.9 Å². The van der Waals surface area contributed by atoms with Gasteiger partial charge in [-0.05, 0) is 25.7 Å². The minimum absolute atomic E-state index is 0.0295. The van der Waals surface area contributed by atoms with Crippen molar-refractivity contribution in [2.75, 3.05) is 11.5 Å². The van der Waals surface area contributed by atoms with E-state index in [1.165, 1.54) is 11.8 Å². The predicted molar refractivity (Wildman–Crippen MR) is 110 cm³/mol. The molecule has 0 bridgehead atoms. The molecule has 1 heterocycles. The Bertz CT molecular complexity index is 902. The molecule has 0 spiro atoms. The van der Waals surface area contributed by atoms with E-state index in [0.717, 1.165) is 0 Å². The lowest BCUT2D eigenvalue weighted by Gasteiger charge is -2.22. The molecule has 10 heteroatoms. The second-order valence-electron chi connectivity index (χ2n) is 7.12. The van der Waals surface area contributed by atoms with Gasteiger partial charge in [0.15, 0.2) is 6.61 Å². The summed E-state index contributed by atoms with van der Waals surface area (Å²) in [6, 6.07) is 7.84. The van der Waals surface area contributed by atoms with Gasteiger partial charge in [-0.1, -0.05) is 36.3 Å². The molecule has 1 atom stereocenters. The number of hydrogen-bond acceptors (Lipinski definition) is 8. The molecule has 1 N–H and O–H groups in total. The summed E-state index contributed by atoms with van der Waals surface area (Å²) < 4.78 is 15.1. The summed E-state index contributed by atoms with van der Waals surface area (Å²) in [4.78, 5) is 24.8. The molecule has 0 aliphatic carbocycles. The molecular weight excluding hydrogens is 410 g/mol. The molecule has 1 aromatic heterocycles. The van der Waals surface area contributed by atoms with Gasteiger partial charge in [-0.25, -0.2) is 9.59 Å². The van der Waals surface area contributed by atoms with Crippen molar-refractivity contribution >= 4 is 23.8 Å². The summed E-state index contributed by atoms with van der Waals surface area (Å²) in [5, 5.41) is 18.1. The fourth-order valence-corrected chi connectivity index (χ4v) is 2.99. The first kappa shape index (κ1) is 23.1. The topological polar surface area (TPSA) is 118 Å². The van der Waals surface area contributed by atoms with Crippen LogP contribution in [0.5, 0.6) is 0 Å². The van der Waals surface area contributed by atoms with Gasteiger partial charge in [-0.15, -0.1) is 18.2 Å². The first-order valence-corrected chi connectivity index (χ1v) is 10.2. The van der Waals surface area contributed by atoms with Gasteiger partial charge in [0.05, 0.1) is 5.75 Å². The Morgan fingerprint density at radius 3 is 2.70 bits per heavy atom. The highest BCUT2D eigenvalue weighted by molar-refractivity contribution is 7.99. The number of ether oxygens (including phenoxy) is 2. The fourth-order valence-electron chi connectivity index (χ4n) is 2.30. The standard InChI is InChI=1S/C20H23N3O6S/c1-5-11-30-13-15(21-19(25)28-20(2,3)4)18(24)27-12-16-17(22-29-23(16)26)14-9-7-6-8-10-14/h1,6-10,15H,11-13H2,2-4H3,(H,21,25)/t15-/m0/s1. The van der Waals surface area contributed by atoms with Gasteiger partial charge in [0.1, 0.15) is 11.6 Å². The highest BCUT2D eigenvalue weighted by atomic mass is 32.2. The number of alkyl carbamates (subject to hydrolysis) is 1. The zero-order valence-corrected chi connectivity index (χ0v) is 17.7. The highest BCUT2D eigenvalue weighted by Gasteiger charge is 2.28. The van der Waals surface area contributed by atoms with Crippen LogP contribution < -0.4 is 10.2 Å². The van der Waals surface area contributed by atoms with Crippen molar-refractivity contribution in [1.82, 2.24) is 10.5 Å². The average molecular weight is 433 g/mol. The molecule has 1 amide bonds. The third-order valence-electron chi connectivity index (χ3n) is 3.54. The first-order chi connectivity index (χ1) is 14.2. The number of terminal acetylenes is 1. The van der Waals surface area contributed by atoms with Crippen LogP contribution in [0.4, 0.5) is 4.79 Å². The molecule has 0 saturated carbocycles. The van der Waals surface area contributed by atoms with Crippen molar-refractivity contribution in [3.8, 4) is 23.6 Å². The largest absolute Gasteiger partial charge is 0.455 e. The van der Waals surface area contributed by atoms with E-state index in [1.807, 2.05) is 6.07 Å². The van der Waals surface area contributed by atoms with Crippen LogP contribution in [0.2, 0.25) is 0 Å². The summed E-state index contributed by atoms with van der Waals surface area (Å²) in [6.07, 6.45) is 4.47. The van der Waals surface area contributed by atoms with E-state index in [-0.39, 0.29) is 28.7 Å². The van der Waals surface area contributed by atoms with Crippen molar-refractivity contribution in [3.05, 3.63) is 41.2 Å². The fraction of sp³-hybridized carbons (Fsp3) is 0.400. The second kappa shape index (κ2) is 10.5. The number of amides is 1. The second-order valence-corrected chi connectivity index (χ2v) is 8.15. The van der Waals surface area contributed by atoms with Gasteiger partial charge < -0.3 is 20.0 Å². The van der Waals surface area contributed by atoms with Crippen molar-refractivity contribution < 1.29 is 28.6 Å². The van der Waals surface area contributed by atoms with Crippen molar-refractivity contribution in [2.45, 2.75) is 39.0 Å². The Morgan fingerprint density at radius 2 is 2.07 bits per heavy atom. The maximum Gasteiger partial charge on any atom is 0.408 e. The number of esters is 1. The molecule has 0 fully saturated rings. The van der Waals surface area contributed by atoms with E-state index in [0.29, 0.717) is 11.3 Å². The number of aromatic nitrogens is 2. The lowest BCUT2D eigenvalue weighted by Crippen LogP contribution is -2.46. The van der Waals surface area contributed by atoms with Gasteiger partial charge in [0, 0.05) is 16.5 Å². The molecule has 0 unspecified atom stereocenters. The van der Waals surface area contributed by atoms with Crippen LogP contribution in [-0.4, -0.2) is 40.4 Å². The smallest absolute Gasteiger partial charge is 0.408 e. The molecular formula is C20H23N3O6S. The lowest BCUT2D eigenvalue weighted by atomic mass is 10.1. The maximum atomic E-state index is 12.6. The van der Waals surface area contributed by atoms with E-state index in [4.69, 9.17) is 15.9 Å². The number of carbonyl (C=O) groups excluding carboxylic acids is 2. The van der Waals surface area contributed by atoms with Crippen LogP contribution >= 0.6 is 11.8 Å². The molecule has 0 aliphatic heterocycles. The molecule has 160 valence electrons. The Morgan fingerprint density at radius 1 is 1.37 bits per heavy atom. The third kappa shape index (κ3) is 7.00. The third-order valence-corrected chi connectivity index (χ3v) is 4.48. The summed E-state index contributed by atoms with van der Waals surface area (Å²) in [7, 11) is 0. The predicted octanol–water partition coefficient (Wildman–Crippen LogP) is 2.28. The SMILES string of the molecule is C#CCSC[C@H](NC(=O)OC(C)(C)C)C(=O)OCc1c(-c2ccccc2)no[n+]1[O-]. The summed E-state index contributed by atoms with van der Waals surface area (Å²) in [5.41, 5.74) is 0.194. The van der Waals surface area contributed by atoms with Gasteiger partial charge in [-0.2, -0.15) is 0 Å². The Kier molecular flexibility index (Phi) is 8.12. The van der Waals surface area contributed by atoms with E-state index >= 15 is 0 Å². The van der Waals surface area contributed by atoms with Crippen molar-refractivity contribution in [2.24, 2.45) is 0 Å². The van der Waals surface area contributed by atoms with E-state index in [9.17, 15) is 14.8 Å². The maximum absolute atomic E-state index is 12.6. The quantitative estimate of drug-likeness (QED) is 0.292. The molecule has 2 aromatic rings. The Hall–Kier alpha value is -3.19. The lowest BCUT2D eigenvalue weighted by molar-refractivity contribution is -0.808. The Balaban J connectivity index is 2.07. The van der Waals surface area contributed by atoms with E-state index < -0.39 is 23.7 Å². The summed E-state index contributed by atoms with van der Waals surface area (Å²) >= 11 is 1.27. The minimum Gasteiger partial charge on any atom is -0.455 e. The molecule has 0 radical (unpaired) electrons. The molecule has 0 saturated heterocycles.